The van der Waals surface area contributed by atoms with E-state index >= 15 is 0 Å². The van der Waals surface area contributed by atoms with E-state index < -0.39 is 12.1 Å². The van der Waals surface area contributed by atoms with Gasteiger partial charge >= 0.3 is 0 Å². The first-order valence-corrected chi connectivity index (χ1v) is 8.65. The lowest BCUT2D eigenvalue weighted by molar-refractivity contribution is -0.132. The molecule has 0 saturated carbocycles. The van der Waals surface area contributed by atoms with Crippen molar-refractivity contribution in [2.75, 3.05) is 12.4 Å². The maximum absolute atomic E-state index is 12.2. The Labute approximate surface area is 148 Å². The van der Waals surface area contributed by atoms with Crippen molar-refractivity contribution in [2.45, 2.75) is 59.0 Å². The first-order valence-electron chi connectivity index (χ1n) is 8.11. The molecule has 1 unspecified atom stereocenters. The quantitative estimate of drug-likeness (QED) is 0.373. The van der Waals surface area contributed by atoms with Crippen LogP contribution in [0, 0.1) is 5.92 Å². The molecule has 0 aromatic carbocycles. The fraction of sp³-hybridized carbons (Fsp3) is 0.750. The first-order chi connectivity index (χ1) is 11.2. The molecule has 3 N–H and O–H groups in total. The molecule has 0 aromatic heterocycles. The summed E-state index contributed by atoms with van der Waals surface area (Å²) in [4.78, 5) is 46.3. The highest BCUT2D eigenvalue weighted by molar-refractivity contribution is 6.27. The number of unbranched alkanes of at least 4 members (excludes halogenated alkanes) is 1. The minimum absolute atomic E-state index is 0.0790. The van der Waals surface area contributed by atoms with Crippen molar-refractivity contribution in [3.63, 3.8) is 0 Å². The molecule has 0 aliphatic carbocycles. The Kier molecular flexibility index (Phi) is 11.0. The third-order valence-electron chi connectivity index (χ3n) is 3.51. The van der Waals surface area contributed by atoms with Crippen molar-refractivity contribution >= 4 is 35.1 Å². The van der Waals surface area contributed by atoms with Crippen LogP contribution in [0.2, 0.25) is 0 Å². The summed E-state index contributed by atoms with van der Waals surface area (Å²) >= 11 is 5.35. The summed E-state index contributed by atoms with van der Waals surface area (Å²) < 4.78 is 0. The molecule has 24 heavy (non-hydrogen) atoms. The van der Waals surface area contributed by atoms with Gasteiger partial charge in [0.05, 0.1) is 6.04 Å². The molecule has 2 atom stereocenters. The molecule has 0 fully saturated rings. The Morgan fingerprint density at radius 2 is 1.58 bits per heavy atom. The third-order valence-corrected chi connectivity index (χ3v) is 3.75. The van der Waals surface area contributed by atoms with Gasteiger partial charge in [-0.3, -0.25) is 19.2 Å². The molecule has 0 radical (unpaired) electrons. The van der Waals surface area contributed by atoms with Crippen LogP contribution in [0.5, 0.6) is 0 Å². The smallest absolute Gasteiger partial charge is 0.243 e. The Morgan fingerprint density at radius 1 is 0.958 bits per heavy atom. The first kappa shape index (κ1) is 22.4. The predicted octanol–water partition coefficient (Wildman–Crippen LogP) is 0.746. The van der Waals surface area contributed by atoms with Gasteiger partial charge in [-0.05, 0) is 32.6 Å². The van der Waals surface area contributed by atoms with Gasteiger partial charge in [-0.15, -0.1) is 11.6 Å². The van der Waals surface area contributed by atoms with Gasteiger partial charge in [0.1, 0.15) is 11.9 Å². The minimum Gasteiger partial charge on any atom is -0.355 e. The number of ketones is 1. The number of alkyl halides is 1. The molecular formula is C16H28ClN3O4. The fourth-order valence-corrected chi connectivity index (χ4v) is 1.97. The average molecular weight is 362 g/mol. The number of nitrogens with one attached hydrogen (secondary N) is 3. The topological polar surface area (TPSA) is 104 Å². The standard InChI is InChI=1S/C16H28ClN3O4/c1-10(2)15(16(24)19-11(3)12(4)21)20-13(22)7-5-6-8-18-14(23)9-17/h10-11,15H,5-9H2,1-4H3,(H,18,23)(H,19,24)(H,20,22)/t11-,15?/m0/s1. The highest BCUT2D eigenvalue weighted by Crippen LogP contribution is 2.04. The SMILES string of the molecule is CC(=O)[C@H](C)NC(=O)C(NC(=O)CCCCNC(=O)CCl)C(C)C. The number of hydrogen-bond acceptors (Lipinski definition) is 4. The van der Waals surface area contributed by atoms with E-state index in [0.717, 1.165) is 0 Å². The zero-order valence-corrected chi connectivity index (χ0v) is 15.5. The number of carbonyl (C=O) groups excluding carboxylic acids is 4. The molecule has 0 spiro atoms. The lowest BCUT2D eigenvalue weighted by Gasteiger charge is -2.23. The van der Waals surface area contributed by atoms with Gasteiger partial charge in [0, 0.05) is 13.0 Å². The summed E-state index contributed by atoms with van der Waals surface area (Å²) in [5, 5.41) is 7.92. The molecule has 0 bridgehead atoms. The fourth-order valence-electron chi connectivity index (χ4n) is 1.87. The molecule has 0 aliphatic heterocycles. The maximum atomic E-state index is 12.2. The van der Waals surface area contributed by atoms with Crippen molar-refractivity contribution in [1.29, 1.82) is 0 Å². The van der Waals surface area contributed by atoms with Crippen molar-refractivity contribution in [3.05, 3.63) is 0 Å². The van der Waals surface area contributed by atoms with Crippen molar-refractivity contribution < 1.29 is 19.2 Å². The van der Waals surface area contributed by atoms with Gasteiger partial charge in [0.15, 0.2) is 5.78 Å². The molecule has 0 rings (SSSR count). The van der Waals surface area contributed by atoms with E-state index in [4.69, 9.17) is 11.6 Å². The summed E-state index contributed by atoms with van der Waals surface area (Å²) in [6.07, 6.45) is 1.50. The van der Waals surface area contributed by atoms with E-state index in [0.29, 0.717) is 19.4 Å². The number of carbonyl (C=O) groups is 4. The number of Topliss-reactive ketones (excluding diaryl/α,β-unsaturated/α-hetero) is 1. The van der Waals surface area contributed by atoms with Crippen LogP contribution in [0.15, 0.2) is 0 Å². The van der Waals surface area contributed by atoms with E-state index in [-0.39, 0.29) is 41.7 Å². The molecule has 8 heteroatoms. The summed E-state index contributed by atoms with van der Waals surface area (Å²) in [7, 11) is 0. The van der Waals surface area contributed by atoms with Gasteiger partial charge in [-0.1, -0.05) is 13.8 Å². The number of amides is 3. The summed E-state index contributed by atoms with van der Waals surface area (Å²) in [5.74, 6) is -1.16. The van der Waals surface area contributed by atoms with E-state index in [1.807, 2.05) is 13.8 Å². The highest BCUT2D eigenvalue weighted by Gasteiger charge is 2.25. The molecule has 0 heterocycles. The van der Waals surface area contributed by atoms with Crippen molar-refractivity contribution in [2.24, 2.45) is 5.92 Å². The van der Waals surface area contributed by atoms with Crippen molar-refractivity contribution in [1.82, 2.24) is 16.0 Å². The zero-order chi connectivity index (χ0) is 18.7. The van der Waals surface area contributed by atoms with E-state index in [2.05, 4.69) is 16.0 Å². The Balaban J connectivity index is 4.26. The average Bonchev–Trinajstić information content (AvgIpc) is 2.51. The van der Waals surface area contributed by atoms with Crippen molar-refractivity contribution in [3.8, 4) is 0 Å². The van der Waals surface area contributed by atoms with E-state index in [1.54, 1.807) is 6.92 Å². The Bertz CT molecular complexity index is 455. The molecule has 3 amide bonds. The number of hydrogen-bond donors (Lipinski definition) is 3. The Morgan fingerprint density at radius 3 is 2.08 bits per heavy atom. The second-order valence-electron chi connectivity index (χ2n) is 6.07. The molecule has 138 valence electrons. The van der Waals surface area contributed by atoms with Crippen LogP contribution in [0.4, 0.5) is 0 Å². The summed E-state index contributed by atoms with van der Waals surface area (Å²) in [5.41, 5.74) is 0. The molecule has 0 aromatic rings. The lowest BCUT2D eigenvalue weighted by atomic mass is 10.0. The lowest BCUT2D eigenvalue weighted by Crippen LogP contribution is -2.52. The molecular weight excluding hydrogens is 334 g/mol. The Hall–Kier alpha value is -1.63. The predicted molar refractivity (Wildman–Crippen MR) is 92.6 cm³/mol. The largest absolute Gasteiger partial charge is 0.355 e. The third kappa shape index (κ3) is 9.50. The van der Waals surface area contributed by atoms with Gasteiger partial charge in [-0.2, -0.15) is 0 Å². The monoisotopic (exact) mass is 361 g/mol. The summed E-state index contributed by atoms with van der Waals surface area (Å²) in [6, 6.07) is -1.27. The van der Waals surface area contributed by atoms with Crippen LogP contribution < -0.4 is 16.0 Å². The van der Waals surface area contributed by atoms with Crippen LogP contribution in [-0.4, -0.2) is 48.0 Å². The highest BCUT2D eigenvalue weighted by atomic mass is 35.5. The van der Waals surface area contributed by atoms with Crippen LogP contribution in [0.25, 0.3) is 0 Å². The maximum Gasteiger partial charge on any atom is 0.243 e. The molecule has 7 nitrogen and oxygen atoms in total. The van der Waals surface area contributed by atoms with Gasteiger partial charge < -0.3 is 16.0 Å². The second-order valence-corrected chi connectivity index (χ2v) is 6.34. The van der Waals surface area contributed by atoms with Gasteiger partial charge in [0.25, 0.3) is 0 Å². The van der Waals surface area contributed by atoms with Crippen LogP contribution >= 0.6 is 11.6 Å². The normalized spacial score (nSPS) is 13.1. The minimum atomic E-state index is -0.685. The van der Waals surface area contributed by atoms with Crippen LogP contribution in [-0.2, 0) is 19.2 Å². The van der Waals surface area contributed by atoms with Crippen LogP contribution in [0.3, 0.4) is 0 Å². The van der Waals surface area contributed by atoms with E-state index in [9.17, 15) is 19.2 Å². The van der Waals surface area contributed by atoms with Gasteiger partial charge in [-0.25, -0.2) is 0 Å². The summed E-state index contributed by atoms with van der Waals surface area (Å²) in [6.45, 7) is 7.11. The van der Waals surface area contributed by atoms with Crippen LogP contribution in [0.1, 0.15) is 47.0 Å². The number of rotatable bonds is 11. The molecule has 0 aliphatic rings. The number of halogens is 1. The molecule has 0 saturated heterocycles. The zero-order valence-electron chi connectivity index (χ0n) is 14.8. The van der Waals surface area contributed by atoms with E-state index in [1.165, 1.54) is 6.92 Å². The van der Waals surface area contributed by atoms with Gasteiger partial charge in [0.2, 0.25) is 17.7 Å². The second kappa shape index (κ2) is 11.8.